The van der Waals surface area contributed by atoms with E-state index in [0.717, 1.165) is 4.90 Å². The maximum atomic E-state index is 12.0. The number of amides is 4. The van der Waals surface area contributed by atoms with Gasteiger partial charge in [0, 0.05) is 12.8 Å². The topological polar surface area (TPSA) is 83.6 Å². The average molecular weight is 238 g/mol. The number of likely N-dealkylation sites (tertiary alicyclic amines) is 1. The molecule has 0 aromatic carbocycles. The van der Waals surface area contributed by atoms with Gasteiger partial charge in [0.2, 0.25) is 23.6 Å². The van der Waals surface area contributed by atoms with Crippen LogP contribution in [0.4, 0.5) is 0 Å². The molecular formula is C11H14N2O4. The third-order valence-electron chi connectivity index (χ3n) is 3.18. The maximum absolute atomic E-state index is 12.0. The number of carbonyl (C=O) groups excluding carboxylic acids is 4. The Bertz CT molecular complexity index is 427. The van der Waals surface area contributed by atoms with Crippen LogP contribution in [0.5, 0.6) is 0 Å². The van der Waals surface area contributed by atoms with Crippen LogP contribution in [-0.2, 0) is 19.2 Å². The summed E-state index contributed by atoms with van der Waals surface area (Å²) in [6.45, 7) is 3.36. The Morgan fingerprint density at radius 3 is 2.35 bits per heavy atom. The van der Waals surface area contributed by atoms with Crippen LogP contribution in [0.1, 0.15) is 33.1 Å². The van der Waals surface area contributed by atoms with Crippen LogP contribution in [0.3, 0.4) is 0 Å². The Morgan fingerprint density at radius 2 is 1.88 bits per heavy atom. The molecule has 0 aliphatic carbocycles. The molecule has 6 nitrogen and oxygen atoms in total. The number of imide groups is 2. The molecule has 0 radical (unpaired) electrons. The van der Waals surface area contributed by atoms with E-state index in [-0.39, 0.29) is 37.0 Å². The summed E-state index contributed by atoms with van der Waals surface area (Å²) in [5.74, 6) is -1.59. The predicted octanol–water partition coefficient (Wildman–Crippen LogP) is -0.423. The van der Waals surface area contributed by atoms with E-state index in [1.807, 2.05) is 0 Å². The fraction of sp³-hybridized carbons (Fsp3) is 0.636. The minimum Gasteiger partial charge on any atom is -0.295 e. The highest BCUT2D eigenvalue weighted by atomic mass is 16.2. The van der Waals surface area contributed by atoms with E-state index in [4.69, 9.17) is 0 Å². The zero-order valence-corrected chi connectivity index (χ0v) is 9.78. The van der Waals surface area contributed by atoms with E-state index in [0.29, 0.717) is 0 Å². The molecule has 0 aromatic rings. The van der Waals surface area contributed by atoms with E-state index < -0.39 is 17.4 Å². The van der Waals surface area contributed by atoms with Gasteiger partial charge in [-0.15, -0.1) is 0 Å². The van der Waals surface area contributed by atoms with Gasteiger partial charge in [0.15, 0.2) is 0 Å². The van der Waals surface area contributed by atoms with Gasteiger partial charge in [-0.1, -0.05) is 13.8 Å². The summed E-state index contributed by atoms with van der Waals surface area (Å²) < 4.78 is 0. The van der Waals surface area contributed by atoms with Crippen molar-refractivity contribution in [3.8, 4) is 0 Å². The number of hydrogen-bond acceptors (Lipinski definition) is 4. The molecule has 1 atom stereocenters. The quantitative estimate of drug-likeness (QED) is 0.629. The normalized spacial score (nSPS) is 28.6. The van der Waals surface area contributed by atoms with Crippen LogP contribution < -0.4 is 5.32 Å². The number of piperidine rings is 1. The fourth-order valence-corrected chi connectivity index (χ4v) is 2.22. The Labute approximate surface area is 98.3 Å². The third kappa shape index (κ3) is 1.83. The van der Waals surface area contributed by atoms with E-state index >= 15 is 0 Å². The molecule has 4 amide bonds. The predicted molar refractivity (Wildman–Crippen MR) is 56.4 cm³/mol. The average Bonchev–Trinajstić information content (AvgIpc) is 2.39. The van der Waals surface area contributed by atoms with Gasteiger partial charge in [-0.25, -0.2) is 0 Å². The third-order valence-corrected chi connectivity index (χ3v) is 3.18. The lowest BCUT2D eigenvalue weighted by atomic mass is 9.92. The highest BCUT2D eigenvalue weighted by molar-refractivity contribution is 6.10. The van der Waals surface area contributed by atoms with Gasteiger partial charge < -0.3 is 0 Å². The summed E-state index contributed by atoms with van der Waals surface area (Å²) in [5.41, 5.74) is -0.751. The SMILES string of the molecule is CC1(C)CC(=O)N(C2CCC(=O)NC2=O)C1=O. The molecule has 0 saturated carbocycles. The molecular weight excluding hydrogens is 224 g/mol. The fourth-order valence-electron chi connectivity index (χ4n) is 2.22. The first kappa shape index (κ1) is 11.8. The molecule has 0 aromatic heterocycles. The highest BCUT2D eigenvalue weighted by Gasteiger charge is 2.50. The number of rotatable bonds is 1. The lowest BCUT2D eigenvalue weighted by Crippen LogP contribution is -2.54. The maximum Gasteiger partial charge on any atom is 0.249 e. The molecule has 2 aliphatic rings. The molecule has 2 aliphatic heterocycles. The number of carbonyl (C=O) groups is 4. The second kappa shape index (κ2) is 3.65. The first-order valence-electron chi connectivity index (χ1n) is 5.53. The number of nitrogens with zero attached hydrogens (tertiary/aromatic N) is 1. The molecule has 2 saturated heterocycles. The van der Waals surface area contributed by atoms with Crippen LogP contribution in [0.15, 0.2) is 0 Å². The second-order valence-electron chi connectivity index (χ2n) is 5.10. The highest BCUT2D eigenvalue weighted by Crippen LogP contribution is 2.34. The summed E-state index contributed by atoms with van der Waals surface area (Å²) in [7, 11) is 0. The van der Waals surface area contributed by atoms with Crippen molar-refractivity contribution in [2.45, 2.75) is 39.2 Å². The van der Waals surface area contributed by atoms with Crippen molar-refractivity contribution < 1.29 is 19.2 Å². The van der Waals surface area contributed by atoms with Gasteiger partial charge in [-0.2, -0.15) is 0 Å². The minimum absolute atomic E-state index is 0.115. The van der Waals surface area contributed by atoms with Crippen molar-refractivity contribution >= 4 is 23.6 Å². The Kier molecular flexibility index (Phi) is 2.52. The molecule has 0 spiro atoms. The Morgan fingerprint density at radius 1 is 1.24 bits per heavy atom. The van der Waals surface area contributed by atoms with Gasteiger partial charge in [0.05, 0.1) is 5.41 Å². The standard InChI is InChI=1S/C11H14N2O4/c1-11(2)5-8(15)13(10(11)17)6-3-4-7(14)12-9(6)16/h6H,3-5H2,1-2H3,(H,12,14,16). The number of nitrogens with one attached hydrogen (secondary N) is 1. The zero-order chi connectivity index (χ0) is 12.8. The van der Waals surface area contributed by atoms with Gasteiger partial charge in [0.25, 0.3) is 0 Å². The van der Waals surface area contributed by atoms with Gasteiger partial charge in [0.1, 0.15) is 6.04 Å². The smallest absolute Gasteiger partial charge is 0.249 e. The Balaban J connectivity index is 2.23. The summed E-state index contributed by atoms with van der Waals surface area (Å²) in [4.78, 5) is 47.4. The summed E-state index contributed by atoms with van der Waals surface area (Å²) in [5, 5.41) is 2.15. The van der Waals surface area contributed by atoms with Crippen LogP contribution in [0, 0.1) is 5.41 Å². The van der Waals surface area contributed by atoms with E-state index in [2.05, 4.69) is 5.32 Å². The van der Waals surface area contributed by atoms with Crippen molar-refractivity contribution in [3.05, 3.63) is 0 Å². The molecule has 17 heavy (non-hydrogen) atoms. The first-order valence-corrected chi connectivity index (χ1v) is 5.53. The molecule has 2 rings (SSSR count). The summed E-state index contributed by atoms with van der Waals surface area (Å²) >= 11 is 0. The van der Waals surface area contributed by atoms with Crippen LogP contribution in [-0.4, -0.2) is 34.6 Å². The molecule has 92 valence electrons. The van der Waals surface area contributed by atoms with Crippen molar-refractivity contribution in [1.82, 2.24) is 10.2 Å². The minimum atomic E-state index is -0.825. The van der Waals surface area contributed by atoms with Gasteiger partial charge in [-0.3, -0.25) is 29.4 Å². The lowest BCUT2D eigenvalue weighted by Gasteiger charge is -2.29. The summed E-state index contributed by atoms with van der Waals surface area (Å²) in [6, 6.07) is -0.825. The monoisotopic (exact) mass is 238 g/mol. The molecule has 2 heterocycles. The lowest BCUT2D eigenvalue weighted by molar-refractivity contribution is -0.152. The van der Waals surface area contributed by atoms with E-state index in [1.54, 1.807) is 13.8 Å². The van der Waals surface area contributed by atoms with Crippen molar-refractivity contribution in [1.29, 1.82) is 0 Å². The first-order chi connectivity index (χ1) is 7.83. The van der Waals surface area contributed by atoms with Crippen molar-refractivity contribution in [2.75, 3.05) is 0 Å². The number of hydrogen-bond donors (Lipinski definition) is 1. The second-order valence-corrected chi connectivity index (χ2v) is 5.10. The van der Waals surface area contributed by atoms with E-state index in [1.165, 1.54) is 0 Å². The molecule has 6 heteroatoms. The molecule has 0 bridgehead atoms. The van der Waals surface area contributed by atoms with Crippen LogP contribution in [0.2, 0.25) is 0 Å². The molecule has 1 unspecified atom stereocenters. The van der Waals surface area contributed by atoms with Crippen LogP contribution in [0.25, 0.3) is 0 Å². The molecule has 2 fully saturated rings. The van der Waals surface area contributed by atoms with Crippen molar-refractivity contribution in [3.63, 3.8) is 0 Å². The summed E-state index contributed by atoms with van der Waals surface area (Å²) in [6.07, 6.45) is 0.496. The Hall–Kier alpha value is -1.72. The molecule has 1 N–H and O–H groups in total. The van der Waals surface area contributed by atoms with Gasteiger partial charge in [-0.05, 0) is 6.42 Å². The van der Waals surface area contributed by atoms with Gasteiger partial charge >= 0.3 is 0 Å². The van der Waals surface area contributed by atoms with E-state index in [9.17, 15) is 19.2 Å². The zero-order valence-electron chi connectivity index (χ0n) is 9.78. The largest absolute Gasteiger partial charge is 0.295 e. The van der Waals surface area contributed by atoms with Crippen LogP contribution >= 0.6 is 0 Å². The van der Waals surface area contributed by atoms with Crippen molar-refractivity contribution in [2.24, 2.45) is 5.41 Å².